The van der Waals surface area contributed by atoms with E-state index in [1.807, 2.05) is 17.5 Å². The first-order valence-electron chi connectivity index (χ1n) is 6.37. The summed E-state index contributed by atoms with van der Waals surface area (Å²) in [5.74, 6) is 6.93. The van der Waals surface area contributed by atoms with Crippen LogP contribution in [0.3, 0.4) is 0 Å². The van der Waals surface area contributed by atoms with E-state index in [1.165, 1.54) is 32.7 Å². The van der Waals surface area contributed by atoms with E-state index >= 15 is 0 Å². The Morgan fingerprint density at radius 1 is 1.29 bits per heavy atom. The normalized spacial score (nSPS) is 15.1. The number of thioether (sulfide) groups is 1. The van der Waals surface area contributed by atoms with Crippen molar-refractivity contribution in [1.82, 2.24) is 19.8 Å². The number of nitrogens with two attached hydrogens (primary N) is 1. The number of carbonyl (C=O) groups excluding carboxylic acids is 2. The van der Waals surface area contributed by atoms with E-state index in [4.69, 9.17) is 5.84 Å². The van der Waals surface area contributed by atoms with Gasteiger partial charge >= 0.3 is 0 Å². The topological polar surface area (TPSA) is 94.1 Å². The van der Waals surface area contributed by atoms with Crippen LogP contribution in [-0.4, -0.2) is 43.9 Å². The highest BCUT2D eigenvalue weighted by molar-refractivity contribution is 7.99. The molecule has 0 aromatic carbocycles. The lowest BCUT2D eigenvalue weighted by Crippen LogP contribution is -2.31. The summed E-state index contributed by atoms with van der Waals surface area (Å²) in [5, 5.41) is 10.6. The number of amides is 2. The number of imide groups is 1. The van der Waals surface area contributed by atoms with Gasteiger partial charge in [0.15, 0.2) is 5.82 Å². The van der Waals surface area contributed by atoms with Gasteiger partial charge in [0, 0.05) is 25.1 Å². The van der Waals surface area contributed by atoms with Crippen LogP contribution in [0, 0.1) is 0 Å². The molecule has 3 rings (SSSR count). The number of thiophene rings is 1. The third kappa shape index (κ3) is 2.79. The molecule has 1 fully saturated rings. The van der Waals surface area contributed by atoms with Crippen LogP contribution in [-0.2, 0) is 9.59 Å². The van der Waals surface area contributed by atoms with Gasteiger partial charge in [0.25, 0.3) is 0 Å². The average molecular weight is 323 g/mol. The molecule has 0 atom stereocenters. The Hall–Kier alpha value is -1.87. The first-order valence-corrected chi connectivity index (χ1v) is 8.23. The standard InChI is InChI=1S/C12H13N5O2S2/c13-17-11(8-2-1-6-20-8)14-15-12(17)21-7-5-16-9(18)3-4-10(16)19/h1-2,6H,3-5,7,13H2. The molecule has 0 radical (unpaired) electrons. The Morgan fingerprint density at radius 3 is 2.71 bits per heavy atom. The van der Waals surface area contributed by atoms with E-state index < -0.39 is 0 Å². The van der Waals surface area contributed by atoms with Gasteiger partial charge in [-0.15, -0.1) is 21.5 Å². The smallest absolute Gasteiger partial charge is 0.229 e. The van der Waals surface area contributed by atoms with Crippen LogP contribution in [0.4, 0.5) is 0 Å². The lowest BCUT2D eigenvalue weighted by atomic mass is 10.4. The number of hydrogen-bond donors (Lipinski definition) is 1. The highest BCUT2D eigenvalue weighted by atomic mass is 32.2. The number of nitrogens with zero attached hydrogens (tertiary/aromatic N) is 4. The zero-order chi connectivity index (χ0) is 14.8. The minimum atomic E-state index is -0.103. The van der Waals surface area contributed by atoms with E-state index in [-0.39, 0.29) is 11.8 Å². The van der Waals surface area contributed by atoms with E-state index in [0.29, 0.717) is 36.1 Å². The molecule has 1 aliphatic heterocycles. The maximum atomic E-state index is 11.5. The van der Waals surface area contributed by atoms with Crippen LogP contribution in [0.1, 0.15) is 12.8 Å². The summed E-state index contributed by atoms with van der Waals surface area (Å²) in [5.41, 5.74) is 0. The second-order valence-corrected chi connectivity index (χ2v) is 6.45. The maximum absolute atomic E-state index is 11.5. The fourth-order valence-electron chi connectivity index (χ4n) is 2.05. The van der Waals surface area contributed by atoms with Gasteiger partial charge in [0.05, 0.1) is 4.88 Å². The molecule has 3 heterocycles. The molecule has 21 heavy (non-hydrogen) atoms. The Kier molecular flexibility index (Phi) is 3.93. The molecule has 7 nitrogen and oxygen atoms in total. The van der Waals surface area contributed by atoms with Crippen LogP contribution in [0.15, 0.2) is 22.7 Å². The monoisotopic (exact) mass is 323 g/mol. The summed E-state index contributed by atoms with van der Waals surface area (Å²) in [6.07, 6.45) is 0.637. The number of nitrogen functional groups attached to an aromatic ring is 1. The van der Waals surface area contributed by atoms with Crippen molar-refractivity contribution in [2.75, 3.05) is 18.1 Å². The Balaban J connectivity index is 1.61. The lowest BCUT2D eigenvalue weighted by molar-refractivity contribution is -0.137. The molecule has 2 aromatic heterocycles. The van der Waals surface area contributed by atoms with Crippen molar-refractivity contribution in [3.05, 3.63) is 17.5 Å². The number of aromatic nitrogens is 3. The zero-order valence-electron chi connectivity index (χ0n) is 11.1. The summed E-state index contributed by atoms with van der Waals surface area (Å²) in [6, 6.07) is 3.85. The van der Waals surface area contributed by atoms with Gasteiger partial charge < -0.3 is 5.84 Å². The van der Waals surface area contributed by atoms with Crippen LogP contribution in [0.25, 0.3) is 10.7 Å². The molecule has 0 aliphatic carbocycles. The zero-order valence-corrected chi connectivity index (χ0v) is 12.7. The van der Waals surface area contributed by atoms with Crippen molar-refractivity contribution in [2.45, 2.75) is 18.0 Å². The van der Waals surface area contributed by atoms with Crippen LogP contribution in [0.5, 0.6) is 0 Å². The molecule has 9 heteroatoms. The second kappa shape index (κ2) is 5.86. The highest BCUT2D eigenvalue weighted by Gasteiger charge is 2.28. The Bertz CT molecular complexity index is 651. The number of hydrogen-bond acceptors (Lipinski definition) is 7. The van der Waals surface area contributed by atoms with Crippen molar-refractivity contribution in [3.8, 4) is 10.7 Å². The number of likely N-dealkylation sites (tertiary alicyclic amines) is 1. The van der Waals surface area contributed by atoms with Gasteiger partial charge in [0.2, 0.25) is 17.0 Å². The summed E-state index contributed by atoms with van der Waals surface area (Å²) in [6.45, 7) is 0.379. The quantitative estimate of drug-likeness (QED) is 0.500. The lowest BCUT2D eigenvalue weighted by Gasteiger charge is -2.12. The fourth-order valence-corrected chi connectivity index (χ4v) is 3.54. The summed E-state index contributed by atoms with van der Waals surface area (Å²) in [7, 11) is 0. The fraction of sp³-hybridized carbons (Fsp3) is 0.333. The Morgan fingerprint density at radius 2 is 2.05 bits per heavy atom. The third-order valence-corrected chi connectivity index (χ3v) is 4.90. The van der Waals surface area contributed by atoms with Crippen molar-refractivity contribution < 1.29 is 9.59 Å². The van der Waals surface area contributed by atoms with E-state index in [9.17, 15) is 9.59 Å². The van der Waals surface area contributed by atoms with Crippen molar-refractivity contribution in [1.29, 1.82) is 0 Å². The van der Waals surface area contributed by atoms with Crippen LogP contribution < -0.4 is 5.84 Å². The molecular weight excluding hydrogens is 310 g/mol. The molecule has 0 unspecified atom stereocenters. The predicted octanol–water partition coefficient (Wildman–Crippen LogP) is 0.961. The number of rotatable bonds is 5. The van der Waals surface area contributed by atoms with Gasteiger partial charge in [-0.1, -0.05) is 17.8 Å². The van der Waals surface area contributed by atoms with E-state index in [0.717, 1.165) is 4.88 Å². The van der Waals surface area contributed by atoms with Crippen molar-refractivity contribution in [3.63, 3.8) is 0 Å². The van der Waals surface area contributed by atoms with Crippen molar-refractivity contribution >= 4 is 34.9 Å². The largest absolute Gasteiger partial charge is 0.335 e. The van der Waals surface area contributed by atoms with Crippen LogP contribution in [0.2, 0.25) is 0 Å². The molecule has 1 aliphatic rings. The summed E-state index contributed by atoms with van der Waals surface area (Å²) < 4.78 is 1.43. The summed E-state index contributed by atoms with van der Waals surface area (Å²) >= 11 is 2.92. The molecular formula is C12H13N5O2S2. The van der Waals surface area contributed by atoms with Crippen LogP contribution >= 0.6 is 23.1 Å². The number of carbonyl (C=O) groups is 2. The summed E-state index contributed by atoms with van der Waals surface area (Å²) in [4.78, 5) is 25.2. The predicted molar refractivity (Wildman–Crippen MR) is 80.2 cm³/mol. The van der Waals surface area contributed by atoms with Gasteiger partial charge in [-0.2, -0.15) is 0 Å². The molecule has 2 aromatic rings. The van der Waals surface area contributed by atoms with Gasteiger partial charge in [0.1, 0.15) is 0 Å². The highest BCUT2D eigenvalue weighted by Crippen LogP contribution is 2.25. The van der Waals surface area contributed by atoms with E-state index in [1.54, 1.807) is 0 Å². The molecule has 110 valence electrons. The first kappa shape index (κ1) is 14.1. The molecule has 2 amide bonds. The first-order chi connectivity index (χ1) is 10.2. The molecule has 0 saturated carbocycles. The Labute approximate surface area is 129 Å². The molecule has 0 bridgehead atoms. The van der Waals surface area contributed by atoms with Gasteiger partial charge in [-0.05, 0) is 11.4 Å². The third-order valence-electron chi connectivity index (χ3n) is 3.11. The molecule has 0 spiro atoms. The van der Waals surface area contributed by atoms with Gasteiger partial charge in [-0.3, -0.25) is 14.5 Å². The molecule has 2 N–H and O–H groups in total. The van der Waals surface area contributed by atoms with E-state index in [2.05, 4.69) is 10.2 Å². The van der Waals surface area contributed by atoms with Gasteiger partial charge in [-0.25, -0.2) is 4.68 Å². The average Bonchev–Trinajstić information content (AvgIpc) is 3.16. The SMILES string of the molecule is Nn1c(SCCN2C(=O)CCC2=O)nnc1-c1cccs1. The molecule has 1 saturated heterocycles. The van der Waals surface area contributed by atoms with Crippen molar-refractivity contribution in [2.24, 2.45) is 0 Å². The maximum Gasteiger partial charge on any atom is 0.229 e. The second-order valence-electron chi connectivity index (χ2n) is 4.44. The minimum absolute atomic E-state index is 0.103. The minimum Gasteiger partial charge on any atom is -0.335 e.